The van der Waals surface area contributed by atoms with Gasteiger partial charge in [0.2, 0.25) is 5.91 Å². The molecular formula is C24H16ClN3O4S2. The molecule has 1 saturated heterocycles. The molecule has 170 valence electrons. The van der Waals surface area contributed by atoms with E-state index in [2.05, 4.69) is 5.32 Å². The van der Waals surface area contributed by atoms with Crippen LogP contribution in [0.15, 0.2) is 76.2 Å². The van der Waals surface area contributed by atoms with E-state index >= 15 is 0 Å². The van der Waals surface area contributed by atoms with Gasteiger partial charge in [-0.2, -0.15) is 0 Å². The van der Waals surface area contributed by atoms with Gasteiger partial charge in [-0.05, 0) is 36.4 Å². The average molecular weight is 510 g/mol. The van der Waals surface area contributed by atoms with Crippen molar-refractivity contribution in [2.75, 3.05) is 16.8 Å². The van der Waals surface area contributed by atoms with Crippen LogP contribution in [-0.4, -0.2) is 33.5 Å². The molecule has 34 heavy (non-hydrogen) atoms. The van der Waals surface area contributed by atoms with Gasteiger partial charge in [-0.3, -0.25) is 24.2 Å². The van der Waals surface area contributed by atoms with Gasteiger partial charge in [0.15, 0.2) is 0 Å². The lowest BCUT2D eigenvalue weighted by molar-refractivity contribution is -0.123. The second kappa shape index (κ2) is 9.09. The smallest absolute Gasteiger partial charge is 0.267 e. The molecule has 0 unspecified atom stereocenters. The first kappa shape index (κ1) is 22.4. The van der Waals surface area contributed by atoms with E-state index in [9.17, 15) is 14.4 Å². The molecule has 1 aromatic heterocycles. The topological polar surface area (TPSA) is 82.9 Å². The highest BCUT2D eigenvalue weighted by Crippen LogP contribution is 2.44. The molecule has 1 fully saturated rings. The van der Waals surface area contributed by atoms with Gasteiger partial charge < -0.3 is 9.73 Å². The quantitative estimate of drug-likeness (QED) is 0.397. The SMILES string of the molecule is O=C(CN1C(=O)C(=C2SC(=S)N(Cc3ccco3)C2=O)c2ccccc21)Nc1cccc(Cl)c1. The second-order valence-electron chi connectivity index (χ2n) is 7.51. The van der Waals surface area contributed by atoms with E-state index in [1.54, 1.807) is 60.7 Å². The fraction of sp³-hybridized carbons (Fsp3) is 0.0833. The fourth-order valence-electron chi connectivity index (χ4n) is 3.81. The van der Waals surface area contributed by atoms with Gasteiger partial charge in [-0.15, -0.1) is 0 Å². The number of amides is 3. The summed E-state index contributed by atoms with van der Waals surface area (Å²) in [5.74, 6) is -0.604. The zero-order valence-electron chi connectivity index (χ0n) is 17.5. The lowest BCUT2D eigenvalue weighted by Gasteiger charge is -2.17. The molecular weight excluding hydrogens is 494 g/mol. The van der Waals surface area contributed by atoms with Crippen molar-refractivity contribution in [2.45, 2.75) is 6.54 Å². The van der Waals surface area contributed by atoms with Crippen molar-refractivity contribution in [3.8, 4) is 0 Å². The molecule has 0 aliphatic carbocycles. The summed E-state index contributed by atoms with van der Waals surface area (Å²) in [5, 5.41) is 3.23. The first-order valence-electron chi connectivity index (χ1n) is 10.2. The van der Waals surface area contributed by atoms with Crippen LogP contribution >= 0.6 is 35.6 Å². The minimum Gasteiger partial charge on any atom is -0.467 e. The largest absolute Gasteiger partial charge is 0.467 e. The average Bonchev–Trinajstić information content (AvgIpc) is 3.49. The number of carbonyl (C=O) groups excluding carboxylic acids is 3. The monoisotopic (exact) mass is 509 g/mol. The van der Waals surface area contributed by atoms with Crippen molar-refractivity contribution in [3.63, 3.8) is 0 Å². The number of benzene rings is 2. The first-order chi connectivity index (χ1) is 16.4. The Balaban J connectivity index is 1.44. The molecule has 3 amide bonds. The van der Waals surface area contributed by atoms with Gasteiger partial charge in [0.1, 0.15) is 16.6 Å². The van der Waals surface area contributed by atoms with Crippen molar-refractivity contribution in [1.29, 1.82) is 0 Å². The third-order valence-corrected chi connectivity index (χ3v) is 6.99. The van der Waals surface area contributed by atoms with Gasteiger partial charge in [0.05, 0.1) is 29.0 Å². The molecule has 5 rings (SSSR count). The van der Waals surface area contributed by atoms with Crippen LogP contribution in [-0.2, 0) is 20.9 Å². The Morgan fingerprint density at radius 3 is 2.62 bits per heavy atom. The first-order valence-corrected chi connectivity index (χ1v) is 11.8. The lowest BCUT2D eigenvalue weighted by atomic mass is 10.1. The van der Waals surface area contributed by atoms with Crippen molar-refractivity contribution in [3.05, 3.63) is 88.2 Å². The highest BCUT2D eigenvalue weighted by molar-refractivity contribution is 8.26. The predicted octanol–water partition coefficient (Wildman–Crippen LogP) is 4.69. The van der Waals surface area contributed by atoms with E-state index in [1.165, 1.54) is 16.1 Å². The summed E-state index contributed by atoms with van der Waals surface area (Å²) in [7, 11) is 0. The second-order valence-corrected chi connectivity index (χ2v) is 9.59. The number of furan rings is 1. The number of hydrogen-bond acceptors (Lipinski definition) is 6. The highest BCUT2D eigenvalue weighted by atomic mass is 35.5. The molecule has 2 aliphatic heterocycles. The molecule has 0 spiro atoms. The van der Waals surface area contributed by atoms with Gasteiger partial charge in [-0.25, -0.2) is 0 Å². The third kappa shape index (κ3) is 4.13. The van der Waals surface area contributed by atoms with Crippen molar-refractivity contribution < 1.29 is 18.8 Å². The standard InChI is InChI=1S/C24H16ClN3O4S2/c25-14-5-3-6-15(11-14)26-19(29)13-27-18-9-2-1-8-17(18)20(22(27)30)21-23(31)28(24(33)34-21)12-16-7-4-10-32-16/h1-11H,12-13H2,(H,26,29). The van der Waals surface area contributed by atoms with Crippen LogP contribution in [0.1, 0.15) is 11.3 Å². The number of hydrogen-bond donors (Lipinski definition) is 1. The molecule has 0 bridgehead atoms. The Bertz CT molecular complexity index is 1370. The summed E-state index contributed by atoms with van der Waals surface area (Å²) < 4.78 is 5.68. The molecule has 1 N–H and O–H groups in total. The Labute approximate surface area is 209 Å². The number of anilines is 2. The van der Waals surface area contributed by atoms with Crippen LogP contribution in [0.5, 0.6) is 0 Å². The molecule has 10 heteroatoms. The van der Waals surface area contributed by atoms with Crippen LogP contribution < -0.4 is 10.2 Å². The van der Waals surface area contributed by atoms with Crippen molar-refractivity contribution in [1.82, 2.24) is 4.90 Å². The fourth-order valence-corrected chi connectivity index (χ4v) is 5.33. The minimum atomic E-state index is -0.430. The maximum Gasteiger partial charge on any atom is 0.267 e. The van der Waals surface area contributed by atoms with E-state index < -0.39 is 11.8 Å². The molecule has 3 aromatic rings. The van der Waals surface area contributed by atoms with E-state index in [1.807, 2.05) is 0 Å². The highest BCUT2D eigenvalue weighted by Gasteiger charge is 2.42. The maximum absolute atomic E-state index is 13.5. The van der Waals surface area contributed by atoms with E-state index in [4.69, 9.17) is 28.2 Å². The molecule has 2 aromatic carbocycles. The Kier molecular flexibility index (Phi) is 5.99. The summed E-state index contributed by atoms with van der Waals surface area (Å²) in [4.78, 5) is 42.5. The van der Waals surface area contributed by atoms with E-state index in [0.717, 1.165) is 11.8 Å². The normalized spacial score (nSPS) is 17.5. The number of thioether (sulfide) groups is 1. The zero-order chi connectivity index (χ0) is 23.8. The van der Waals surface area contributed by atoms with Crippen molar-refractivity contribution in [2.24, 2.45) is 0 Å². The van der Waals surface area contributed by atoms with Crippen LogP contribution in [0.4, 0.5) is 11.4 Å². The van der Waals surface area contributed by atoms with Gasteiger partial charge in [-0.1, -0.05) is 59.8 Å². The summed E-state index contributed by atoms with van der Waals surface area (Å²) in [6, 6.07) is 17.3. The predicted molar refractivity (Wildman–Crippen MR) is 135 cm³/mol. The Morgan fingerprint density at radius 1 is 1.03 bits per heavy atom. The summed E-state index contributed by atoms with van der Waals surface area (Å²) >= 11 is 12.5. The number of rotatable bonds is 5. The number of nitrogens with one attached hydrogen (secondary N) is 1. The van der Waals surface area contributed by atoms with Crippen LogP contribution in [0, 0.1) is 0 Å². The molecule has 0 atom stereocenters. The summed E-state index contributed by atoms with van der Waals surface area (Å²) in [5.41, 5.74) is 1.91. The van der Waals surface area contributed by atoms with Crippen molar-refractivity contribution >= 4 is 74.6 Å². The van der Waals surface area contributed by atoms with E-state index in [-0.39, 0.29) is 29.5 Å². The molecule has 0 saturated carbocycles. The number of nitrogens with zero attached hydrogens (tertiary/aromatic N) is 2. The van der Waals surface area contributed by atoms with Crippen LogP contribution in [0.25, 0.3) is 5.57 Å². The Morgan fingerprint density at radius 2 is 1.85 bits per heavy atom. The molecule has 3 heterocycles. The third-order valence-electron chi connectivity index (χ3n) is 5.30. The van der Waals surface area contributed by atoms with Gasteiger partial charge in [0, 0.05) is 16.3 Å². The molecule has 2 aliphatic rings. The van der Waals surface area contributed by atoms with E-state index in [0.29, 0.717) is 32.0 Å². The molecule has 0 radical (unpaired) electrons. The summed E-state index contributed by atoms with van der Waals surface area (Å²) in [6.45, 7) is -0.0470. The molecule has 7 nitrogen and oxygen atoms in total. The number of para-hydroxylation sites is 1. The van der Waals surface area contributed by atoms with Gasteiger partial charge >= 0.3 is 0 Å². The number of fused-ring (bicyclic) bond motifs is 1. The maximum atomic E-state index is 13.5. The number of thiocarbonyl (C=S) groups is 1. The van der Waals surface area contributed by atoms with Gasteiger partial charge in [0.25, 0.3) is 11.8 Å². The zero-order valence-corrected chi connectivity index (χ0v) is 19.9. The number of carbonyl (C=O) groups is 3. The number of halogens is 1. The minimum absolute atomic E-state index is 0.177. The van der Waals surface area contributed by atoms with Crippen LogP contribution in [0.3, 0.4) is 0 Å². The summed E-state index contributed by atoms with van der Waals surface area (Å²) in [6.07, 6.45) is 1.52. The Hall–Kier alpha value is -3.40. The lowest BCUT2D eigenvalue weighted by Crippen LogP contribution is -2.35. The van der Waals surface area contributed by atoms with Crippen LogP contribution in [0.2, 0.25) is 5.02 Å².